The highest BCUT2D eigenvalue weighted by molar-refractivity contribution is 6.00. The predicted octanol–water partition coefficient (Wildman–Crippen LogP) is 4.22. The maximum atomic E-state index is 13.6. The van der Waals surface area contributed by atoms with Crippen LogP contribution in [0.1, 0.15) is 80.4 Å². The Bertz CT molecular complexity index is 826. The summed E-state index contributed by atoms with van der Waals surface area (Å²) < 4.78 is 0. The van der Waals surface area contributed by atoms with Gasteiger partial charge in [-0.25, -0.2) is 0 Å². The number of nitrogens with zero attached hydrogens (tertiary/aromatic N) is 2. The Labute approximate surface area is 198 Å². The van der Waals surface area contributed by atoms with E-state index in [1.807, 2.05) is 36.4 Å². The van der Waals surface area contributed by atoms with Crippen LogP contribution in [0.25, 0.3) is 0 Å². The number of nitrogen functional groups attached to an aromatic ring is 1. The summed E-state index contributed by atoms with van der Waals surface area (Å²) in [6, 6.07) is 15.9. The summed E-state index contributed by atoms with van der Waals surface area (Å²) in [5.41, 5.74) is 10.0. The van der Waals surface area contributed by atoms with Gasteiger partial charge in [-0.2, -0.15) is 0 Å². The number of benzene rings is 2. The molecule has 0 fully saturated rings. The van der Waals surface area contributed by atoms with Crippen molar-refractivity contribution in [2.24, 2.45) is 0 Å². The lowest BCUT2D eigenvalue weighted by molar-refractivity contribution is 0.0216. The maximum Gasteiger partial charge on any atom is 0.256 e. The van der Waals surface area contributed by atoms with Crippen molar-refractivity contribution in [3.63, 3.8) is 0 Å². The van der Waals surface area contributed by atoms with E-state index in [0.717, 1.165) is 67.6 Å². The lowest BCUT2D eigenvalue weighted by Crippen LogP contribution is -2.50. The number of hydrogen-bond acceptors (Lipinski definition) is 3. The van der Waals surface area contributed by atoms with Crippen molar-refractivity contribution in [2.45, 2.75) is 65.1 Å². The molecule has 1 aliphatic heterocycles. The summed E-state index contributed by atoms with van der Waals surface area (Å²) in [6.45, 7) is 8.68. The quantitative estimate of drug-likeness (QED) is 0.529. The Balaban J connectivity index is 0.00000320. The van der Waals surface area contributed by atoms with Gasteiger partial charge in [0.1, 0.15) is 0 Å². The number of hydrogen-bond donors (Lipinski definition) is 1. The molecular weight excluding hydrogens is 426 g/mol. The minimum absolute atomic E-state index is 0. The van der Waals surface area contributed by atoms with Crippen molar-refractivity contribution in [3.05, 3.63) is 65.2 Å². The third-order valence-corrected chi connectivity index (χ3v) is 5.99. The van der Waals surface area contributed by atoms with Crippen molar-refractivity contribution in [2.75, 3.05) is 18.8 Å². The van der Waals surface area contributed by atoms with E-state index in [4.69, 9.17) is 5.73 Å². The minimum Gasteiger partial charge on any atom is -0.412 e. The lowest BCUT2D eigenvalue weighted by Gasteiger charge is -2.41. The number of rotatable bonds is 10. The van der Waals surface area contributed by atoms with Gasteiger partial charge >= 0.3 is 0 Å². The number of unbranched alkanes of at least 4 members (excludes halogenated alkanes) is 2. The van der Waals surface area contributed by atoms with Crippen LogP contribution < -0.4 is 5.73 Å². The molecule has 6 nitrogen and oxygen atoms in total. The maximum absolute atomic E-state index is 13.6. The van der Waals surface area contributed by atoms with Crippen LogP contribution in [0.15, 0.2) is 48.5 Å². The minimum atomic E-state index is -0.129. The number of fused-ring (bicyclic) bond motifs is 1. The van der Waals surface area contributed by atoms with Crippen LogP contribution in [0.2, 0.25) is 0 Å². The van der Waals surface area contributed by atoms with Gasteiger partial charge in [0.25, 0.3) is 5.91 Å². The third-order valence-electron chi connectivity index (χ3n) is 5.99. The summed E-state index contributed by atoms with van der Waals surface area (Å²) in [5, 5.41) is 0. The van der Waals surface area contributed by atoms with E-state index < -0.39 is 0 Å². The molecule has 6 N–H and O–H groups in total. The topological polar surface area (TPSA) is 113 Å². The molecule has 0 saturated carbocycles. The number of amides is 1. The average molecular weight is 466 g/mol. The first-order valence-electron chi connectivity index (χ1n) is 11.1. The molecule has 3 rings (SSSR count). The molecule has 2 atom stereocenters. The Hall–Kier alpha value is -2.12. The van der Waals surface area contributed by atoms with Crippen LogP contribution >= 0.6 is 12.4 Å². The van der Waals surface area contributed by atoms with Gasteiger partial charge in [-0.05, 0) is 37.0 Å². The van der Waals surface area contributed by atoms with Gasteiger partial charge < -0.3 is 21.6 Å². The molecule has 0 aliphatic carbocycles. The largest absolute Gasteiger partial charge is 0.412 e. The average Bonchev–Trinajstić information content (AvgIpc) is 3.03. The van der Waals surface area contributed by atoms with Crippen molar-refractivity contribution >= 4 is 24.0 Å². The van der Waals surface area contributed by atoms with Crippen LogP contribution in [0, 0.1) is 0 Å². The SMILES string of the molecule is CCCCN(CCCC)C(CC)N1C(=O)c2ccccc2C1c1ccccc1N.Cl.O.O. The summed E-state index contributed by atoms with van der Waals surface area (Å²) in [7, 11) is 0. The molecule has 2 unspecified atom stereocenters. The highest BCUT2D eigenvalue weighted by Gasteiger charge is 2.43. The monoisotopic (exact) mass is 465 g/mol. The van der Waals surface area contributed by atoms with E-state index in [9.17, 15) is 4.79 Å². The molecule has 1 amide bonds. The van der Waals surface area contributed by atoms with Crippen molar-refractivity contribution in [3.8, 4) is 0 Å². The molecule has 1 aliphatic rings. The van der Waals surface area contributed by atoms with E-state index in [2.05, 4.69) is 42.7 Å². The van der Waals surface area contributed by atoms with Gasteiger partial charge in [-0.3, -0.25) is 9.69 Å². The molecule has 2 aromatic rings. The molecule has 0 spiro atoms. The zero-order valence-corrected chi connectivity index (χ0v) is 20.3. The third kappa shape index (κ3) is 6.01. The molecule has 32 heavy (non-hydrogen) atoms. The van der Waals surface area contributed by atoms with E-state index in [0.29, 0.717) is 0 Å². The van der Waals surface area contributed by atoms with Crippen LogP contribution in [-0.4, -0.2) is 45.9 Å². The van der Waals surface area contributed by atoms with E-state index >= 15 is 0 Å². The van der Waals surface area contributed by atoms with Crippen LogP contribution in [0.3, 0.4) is 0 Å². The number of carbonyl (C=O) groups is 1. The molecule has 0 radical (unpaired) electrons. The van der Waals surface area contributed by atoms with Crippen molar-refractivity contribution < 1.29 is 15.7 Å². The highest BCUT2D eigenvalue weighted by atomic mass is 35.5. The smallest absolute Gasteiger partial charge is 0.256 e. The number of anilines is 1. The lowest BCUT2D eigenvalue weighted by atomic mass is 9.96. The van der Waals surface area contributed by atoms with Crippen molar-refractivity contribution in [1.82, 2.24) is 9.80 Å². The van der Waals surface area contributed by atoms with Gasteiger partial charge in [-0.15, -0.1) is 12.4 Å². The van der Waals surface area contributed by atoms with Crippen molar-refractivity contribution in [1.29, 1.82) is 0 Å². The standard InChI is InChI=1S/C25H35N3O.ClH.2H2O/c1-4-7-17-27(18-8-5-2)23(6-3)28-24(21-15-11-12-16-22(21)26)19-13-9-10-14-20(19)25(28)29;;;/h9-16,23-24H,4-8,17-18,26H2,1-3H3;1H;2*1H2. The molecule has 180 valence electrons. The summed E-state index contributed by atoms with van der Waals surface area (Å²) in [4.78, 5) is 18.2. The Morgan fingerprint density at radius 1 is 0.906 bits per heavy atom. The fourth-order valence-electron chi connectivity index (χ4n) is 4.48. The van der Waals surface area contributed by atoms with Crippen LogP contribution in [0.5, 0.6) is 0 Å². The molecule has 0 aromatic heterocycles. The first-order valence-corrected chi connectivity index (χ1v) is 11.1. The molecule has 2 aromatic carbocycles. The summed E-state index contributed by atoms with van der Waals surface area (Å²) in [6.07, 6.45) is 5.57. The molecule has 0 bridgehead atoms. The van der Waals surface area contributed by atoms with Crippen LogP contribution in [0.4, 0.5) is 5.69 Å². The molecule has 7 heteroatoms. The predicted molar refractivity (Wildman–Crippen MR) is 135 cm³/mol. The Kier molecular flexibility index (Phi) is 13.2. The second kappa shape index (κ2) is 14.1. The number of para-hydroxylation sites is 1. The fourth-order valence-corrected chi connectivity index (χ4v) is 4.48. The highest BCUT2D eigenvalue weighted by Crippen LogP contribution is 2.42. The van der Waals surface area contributed by atoms with Gasteiger partial charge in [-0.1, -0.05) is 70.0 Å². The normalized spacial score (nSPS) is 15.4. The van der Waals surface area contributed by atoms with E-state index in [1.165, 1.54) is 0 Å². The zero-order chi connectivity index (χ0) is 20.8. The second-order valence-corrected chi connectivity index (χ2v) is 7.96. The van der Waals surface area contributed by atoms with Gasteiger partial charge in [0.2, 0.25) is 0 Å². The molecular formula is C25H40ClN3O3. The summed E-state index contributed by atoms with van der Waals surface area (Å²) >= 11 is 0. The number of nitrogens with two attached hydrogens (primary N) is 1. The van der Waals surface area contributed by atoms with Gasteiger partial charge in [0.05, 0.1) is 12.2 Å². The van der Waals surface area contributed by atoms with E-state index in [1.54, 1.807) is 0 Å². The number of halogens is 1. The Morgan fingerprint density at radius 2 is 1.44 bits per heavy atom. The first kappa shape index (κ1) is 29.9. The van der Waals surface area contributed by atoms with Gasteiger partial charge in [0, 0.05) is 29.9 Å². The van der Waals surface area contributed by atoms with Crippen LogP contribution in [-0.2, 0) is 0 Å². The summed E-state index contributed by atoms with van der Waals surface area (Å²) in [5.74, 6) is 0.124. The van der Waals surface area contributed by atoms with E-state index in [-0.39, 0.29) is 41.5 Å². The zero-order valence-electron chi connectivity index (χ0n) is 19.5. The first-order chi connectivity index (χ1) is 14.1. The number of carbonyl (C=O) groups excluding carboxylic acids is 1. The fraction of sp³-hybridized carbons (Fsp3) is 0.480. The molecule has 1 heterocycles. The Morgan fingerprint density at radius 3 is 1.97 bits per heavy atom. The van der Waals surface area contributed by atoms with Gasteiger partial charge in [0.15, 0.2) is 0 Å². The molecule has 0 saturated heterocycles. The second-order valence-electron chi connectivity index (χ2n) is 7.96.